The Morgan fingerprint density at radius 3 is 2.37 bits per heavy atom. The number of nitrogens with two attached hydrogens (primary N) is 1. The van der Waals surface area contributed by atoms with Gasteiger partial charge in [0, 0.05) is 5.69 Å². The summed E-state index contributed by atoms with van der Waals surface area (Å²) in [5.74, 6) is -0.580. The number of nitrogens with one attached hydrogen (secondary N) is 1. The topological polar surface area (TPSA) is 55.1 Å². The number of anilines is 1. The van der Waals surface area contributed by atoms with Crippen LogP contribution in [0, 0.1) is 12.8 Å². The predicted octanol–water partition coefficient (Wildman–Crippen LogP) is 2.94. The van der Waals surface area contributed by atoms with Gasteiger partial charge in [0.15, 0.2) is 0 Å². The van der Waals surface area contributed by atoms with Gasteiger partial charge in [0.25, 0.3) is 0 Å². The number of aryl methyl sites for hydroxylation is 1. The Morgan fingerprint density at radius 1 is 1.32 bits per heavy atom. The smallest absolute Gasteiger partial charge is 0.324 e. The number of hydrogen-bond donors (Lipinski definition) is 2. The van der Waals surface area contributed by atoms with Crippen molar-refractivity contribution in [1.29, 1.82) is 0 Å². The highest BCUT2D eigenvalue weighted by molar-refractivity contribution is 5.95. The predicted molar refractivity (Wildman–Crippen MR) is 67.6 cm³/mol. The maximum absolute atomic E-state index is 12.6. The Labute approximate surface area is 110 Å². The number of hydrogen-bond acceptors (Lipinski definition) is 2. The summed E-state index contributed by atoms with van der Waals surface area (Å²) >= 11 is 0. The second-order valence-corrected chi connectivity index (χ2v) is 4.79. The van der Waals surface area contributed by atoms with Crippen molar-refractivity contribution in [3.8, 4) is 0 Å². The normalized spacial score (nSPS) is 13.5. The summed E-state index contributed by atoms with van der Waals surface area (Å²) in [6.07, 6.45) is -4.44. The van der Waals surface area contributed by atoms with Crippen LogP contribution in [0.25, 0.3) is 0 Å². The molecule has 0 fully saturated rings. The highest BCUT2D eigenvalue weighted by Gasteiger charge is 2.31. The summed E-state index contributed by atoms with van der Waals surface area (Å²) < 4.78 is 37.8. The van der Waals surface area contributed by atoms with Crippen molar-refractivity contribution in [2.75, 3.05) is 5.32 Å². The van der Waals surface area contributed by atoms with E-state index in [4.69, 9.17) is 5.73 Å². The van der Waals surface area contributed by atoms with Gasteiger partial charge >= 0.3 is 6.18 Å². The second kappa shape index (κ2) is 5.61. The van der Waals surface area contributed by atoms with Crippen LogP contribution in [-0.2, 0) is 11.0 Å². The molecule has 0 aliphatic carbocycles. The van der Waals surface area contributed by atoms with Gasteiger partial charge in [0.1, 0.15) is 0 Å². The Hall–Kier alpha value is -1.56. The van der Waals surface area contributed by atoms with Gasteiger partial charge in [-0.15, -0.1) is 0 Å². The summed E-state index contributed by atoms with van der Waals surface area (Å²) in [4.78, 5) is 11.7. The maximum atomic E-state index is 12.6. The van der Waals surface area contributed by atoms with E-state index >= 15 is 0 Å². The van der Waals surface area contributed by atoms with Gasteiger partial charge in [0.05, 0.1) is 11.6 Å². The first-order valence-corrected chi connectivity index (χ1v) is 5.87. The molecule has 0 radical (unpaired) electrons. The zero-order valence-electron chi connectivity index (χ0n) is 11.0. The molecular weight excluding hydrogens is 257 g/mol. The number of alkyl halides is 3. The fourth-order valence-corrected chi connectivity index (χ4v) is 1.45. The van der Waals surface area contributed by atoms with Crippen molar-refractivity contribution in [1.82, 2.24) is 0 Å². The first-order valence-electron chi connectivity index (χ1n) is 5.87. The van der Waals surface area contributed by atoms with Crippen molar-refractivity contribution < 1.29 is 18.0 Å². The monoisotopic (exact) mass is 274 g/mol. The van der Waals surface area contributed by atoms with Gasteiger partial charge in [-0.25, -0.2) is 0 Å². The van der Waals surface area contributed by atoms with Crippen LogP contribution in [-0.4, -0.2) is 11.9 Å². The highest BCUT2D eigenvalue weighted by atomic mass is 19.4. The van der Waals surface area contributed by atoms with Gasteiger partial charge in [-0.05, 0) is 30.5 Å². The van der Waals surface area contributed by atoms with E-state index in [2.05, 4.69) is 5.32 Å². The SMILES string of the molecule is Cc1ccc(C(F)(F)F)cc1NC(=O)[C@H](N)C(C)C. The molecule has 0 spiro atoms. The zero-order valence-corrected chi connectivity index (χ0v) is 11.0. The minimum atomic E-state index is -4.44. The number of carbonyl (C=O) groups excluding carboxylic acids is 1. The fraction of sp³-hybridized carbons (Fsp3) is 0.462. The van der Waals surface area contributed by atoms with Crippen molar-refractivity contribution in [2.45, 2.75) is 33.0 Å². The first kappa shape index (κ1) is 15.5. The summed E-state index contributed by atoms with van der Waals surface area (Å²) in [5.41, 5.74) is 5.54. The maximum Gasteiger partial charge on any atom is 0.416 e. The molecular formula is C13H17F3N2O. The number of amides is 1. The molecule has 0 unspecified atom stereocenters. The van der Waals surface area contributed by atoms with E-state index in [1.54, 1.807) is 20.8 Å². The van der Waals surface area contributed by atoms with Crippen LogP contribution in [0.5, 0.6) is 0 Å². The van der Waals surface area contributed by atoms with Crippen molar-refractivity contribution in [3.63, 3.8) is 0 Å². The third kappa shape index (κ3) is 3.96. The Balaban J connectivity index is 2.98. The van der Waals surface area contributed by atoms with Gasteiger partial charge in [-0.3, -0.25) is 4.79 Å². The molecule has 0 saturated heterocycles. The van der Waals surface area contributed by atoms with Gasteiger partial charge in [-0.1, -0.05) is 19.9 Å². The van der Waals surface area contributed by atoms with Gasteiger partial charge in [0.2, 0.25) is 5.91 Å². The minimum Gasteiger partial charge on any atom is -0.324 e. The Kier molecular flexibility index (Phi) is 4.57. The number of halogens is 3. The van der Waals surface area contributed by atoms with E-state index in [0.717, 1.165) is 12.1 Å². The van der Waals surface area contributed by atoms with Crippen LogP contribution < -0.4 is 11.1 Å². The summed E-state index contributed by atoms with van der Waals surface area (Å²) in [5, 5.41) is 2.44. The molecule has 3 nitrogen and oxygen atoms in total. The van der Waals surface area contributed by atoms with E-state index in [-0.39, 0.29) is 11.6 Å². The van der Waals surface area contributed by atoms with Crippen molar-refractivity contribution in [3.05, 3.63) is 29.3 Å². The molecule has 0 saturated carbocycles. The molecule has 1 rings (SSSR count). The van der Waals surface area contributed by atoms with Crippen LogP contribution in [0.3, 0.4) is 0 Å². The molecule has 1 aromatic carbocycles. The molecule has 0 aliphatic heterocycles. The van der Waals surface area contributed by atoms with E-state index in [1.807, 2.05) is 0 Å². The van der Waals surface area contributed by atoms with Gasteiger partial charge in [-0.2, -0.15) is 13.2 Å². The quantitative estimate of drug-likeness (QED) is 0.890. The van der Waals surface area contributed by atoms with E-state index in [1.165, 1.54) is 6.07 Å². The lowest BCUT2D eigenvalue weighted by atomic mass is 10.0. The number of rotatable bonds is 3. The molecule has 0 heterocycles. The highest BCUT2D eigenvalue weighted by Crippen LogP contribution is 2.32. The second-order valence-electron chi connectivity index (χ2n) is 4.79. The fourth-order valence-electron chi connectivity index (χ4n) is 1.45. The Bertz CT molecular complexity index is 469. The van der Waals surface area contributed by atoms with Crippen LogP contribution in [0.1, 0.15) is 25.0 Å². The summed E-state index contributed by atoms with van der Waals surface area (Å²) in [6, 6.07) is 2.46. The largest absolute Gasteiger partial charge is 0.416 e. The average molecular weight is 274 g/mol. The van der Waals surface area contributed by atoms with E-state index in [9.17, 15) is 18.0 Å². The third-order valence-corrected chi connectivity index (χ3v) is 2.84. The molecule has 0 bridgehead atoms. The van der Waals surface area contributed by atoms with E-state index in [0.29, 0.717) is 5.56 Å². The van der Waals surface area contributed by atoms with Crippen molar-refractivity contribution in [2.24, 2.45) is 11.7 Å². The lowest BCUT2D eigenvalue weighted by Gasteiger charge is -2.17. The molecule has 1 atom stereocenters. The molecule has 3 N–H and O–H groups in total. The van der Waals surface area contributed by atoms with E-state index < -0.39 is 23.7 Å². The van der Waals surface area contributed by atoms with Crippen LogP contribution >= 0.6 is 0 Å². The molecule has 106 valence electrons. The molecule has 19 heavy (non-hydrogen) atoms. The first-order chi connectivity index (χ1) is 8.62. The van der Waals surface area contributed by atoms with Crippen LogP contribution in [0.15, 0.2) is 18.2 Å². The number of carbonyl (C=O) groups is 1. The lowest BCUT2D eigenvalue weighted by Crippen LogP contribution is -2.39. The standard InChI is InChI=1S/C13H17F3N2O/c1-7(2)11(17)12(19)18-10-6-9(13(14,15)16)5-4-8(10)3/h4-7,11H,17H2,1-3H3,(H,18,19)/t11-/m1/s1. The average Bonchev–Trinajstić information content (AvgIpc) is 2.29. The zero-order chi connectivity index (χ0) is 14.8. The van der Waals surface area contributed by atoms with Crippen LogP contribution in [0.2, 0.25) is 0 Å². The summed E-state index contributed by atoms with van der Waals surface area (Å²) in [7, 11) is 0. The minimum absolute atomic E-state index is 0.0916. The van der Waals surface area contributed by atoms with Crippen LogP contribution in [0.4, 0.5) is 18.9 Å². The molecule has 1 aromatic rings. The third-order valence-electron chi connectivity index (χ3n) is 2.84. The Morgan fingerprint density at radius 2 is 1.89 bits per heavy atom. The van der Waals surface area contributed by atoms with Gasteiger partial charge < -0.3 is 11.1 Å². The lowest BCUT2D eigenvalue weighted by molar-refractivity contribution is -0.137. The molecule has 0 aromatic heterocycles. The molecule has 1 amide bonds. The molecule has 0 aliphatic rings. The summed E-state index contributed by atoms with van der Waals surface area (Å²) in [6.45, 7) is 5.16. The molecule has 6 heteroatoms. The van der Waals surface area contributed by atoms with Crippen molar-refractivity contribution >= 4 is 11.6 Å². The number of benzene rings is 1.